The Labute approximate surface area is 179 Å². The van der Waals surface area contributed by atoms with Crippen molar-refractivity contribution in [3.63, 3.8) is 0 Å². The molecule has 4 aromatic rings. The van der Waals surface area contributed by atoms with Crippen molar-refractivity contribution in [1.82, 2.24) is 24.1 Å². The summed E-state index contributed by atoms with van der Waals surface area (Å²) in [6, 6.07) is 5.06. The van der Waals surface area contributed by atoms with Gasteiger partial charge in [-0.2, -0.15) is 0 Å². The number of hydrogen-bond donors (Lipinski definition) is 1. The number of benzene rings is 1. The van der Waals surface area contributed by atoms with Crippen LogP contribution >= 0.6 is 34.7 Å². The van der Waals surface area contributed by atoms with Crippen LogP contribution in [0.15, 0.2) is 34.9 Å². The third-order valence-corrected chi connectivity index (χ3v) is 6.26. The number of hydrogen-bond acceptors (Lipinski definition) is 7. The van der Waals surface area contributed by atoms with Gasteiger partial charge in [-0.15, -0.1) is 21.5 Å². The predicted molar refractivity (Wildman–Crippen MR) is 115 cm³/mol. The summed E-state index contributed by atoms with van der Waals surface area (Å²) in [6.45, 7) is 1.95. The van der Waals surface area contributed by atoms with Gasteiger partial charge in [0.05, 0.1) is 24.2 Å². The Bertz CT molecular complexity index is 1200. The summed E-state index contributed by atoms with van der Waals surface area (Å²) in [5.41, 5.74) is 2.31. The van der Waals surface area contributed by atoms with E-state index in [1.54, 1.807) is 29.5 Å². The zero-order valence-electron chi connectivity index (χ0n) is 15.8. The molecule has 3 heterocycles. The Morgan fingerprint density at radius 2 is 2.21 bits per heavy atom. The maximum Gasteiger partial charge on any atom is 0.234 e. The number of carbonyl (C=O) groups excluding carboxylic acids is 1. The average molecular weight is 449 g/mol. The number of thiazole rings is 1. The number of imidazole rings is 1. The number of carbonyl (C=O) groups is 1. The standard InChI is InChI=1S/C18H17ClN6O2S2/c1-10-15(25-6-7-28-17(25)20-10)16-22-23-18(24(16)2)29-9-14(26)21-12-8-11(19)4-5-13(12)27-3/h4-8H,9H2,1-3H3,(H,21,26). The van der Waals surface area contributed by atoms with Crippen molar-refractivity contribution in [3.8, 4) is 17.3 Å². The molecule has 0 saturated carbocycles. The lowest BCUT2D eigenvalue weighted by atomic mass is 10.3. The van der Waals surface area contributed by atoms with Gasteiger partial charge in [0.15, 0.2) is 15.9 Å². The van der Waals surface area contributed by atoms with Crippen LogP contribution in [0.1, 0.15) is 5.69 Å². The van der Waals surface area contributed by atoms with Gasteiger partial charge >= 0.3 is 0 Å². The third-order valence-electron chi connectivity index (χ3n) is 4.25. The minimum atomic E-state index is -0.194. The Kier molecular flexibility index (Phi) is 5.48. The van der Waals surface area contributed by atoms with Crippen molar-refractivity contribution in [3.05, 3.63) is 40.5 Å². The van der Waals surface area contributed by atoms with Crippen molar-refractivity contribution in [1.29, 1.82) is 0 Å². The fourth-order valence-corrected chi connectivity index (χ4v) is 4.55. The minimum absolute atomic E-state index is 0.168. The average Bonchev–Trinajstić information content (AvgIpc) is 3.35. The second-order valence-corrected chi connectivity index (χ2v) is 8.40. The minimum Gasteiger partial charge on any atom is -0.495 e. The molecule has 8 nitrogen and oxygen atoms in total. The van der Waals surface area contributed by atoms with Gasteiger partial charge in [0, 0.05) is 23.6 Å². The smallest absolute Gasteiger partial charge is 0.234 e. The van der Waals surface area contributed by atoms with Gasteiger partial charge in [0.1, 0.15) is 11.4 Å². The monoisotopic (exact) mass is 448 g/mol. The molecular formula is C18H17ClN6O2S2. The molecule has 0 bridgehead atoms. The highest BCUT2D eigenvalue weighted by Crippen LogP contribution is 2.29. The zero-order chi connectivity index (χ0) is 20.5. The number of thioether (sulfide) groups is 1. The molecule has 0 atom stereocenters. The van der Waals surface area contributed by atoms with Crippen LogP contribution in [0, 0.1) is 6.92 Å². The number of fused-ring (bicyclic) bond motifs is 1. The van der Waals surface area contributed by atoms with Gasteiger partial charge < -0.3 is 14.6 Å². The highest BCUT2D eigenvalue weighted by molar-refractivity contribution is 7.99. The maximum absolute atomic E-state index is 12.4. The summed E-state index contributed by atoms with van der Waals surface area (Å²) in [7, 11) is 3.42. The molecule has 1 amide bonds. The van der Waals surface area contributed by atoms with Crippen molar-refractivity contribution >= 4 is 51.3 Å². The van der Waals surface area contributed by atoms with E-state index in [9.17, 15) is 4.79 Å². The summed E-state index contributed by atoms with van der Waals surface area (Å²) < 4.78 is 9.12. The Hall–Kier alpha value is -2.56. The second kappa shape index (κ2) is 8.05. The SMILES string of the molecule is COc1ccc(Cl)cc1NC(=O)CSc1nnc(-c2c(C)nc3sccn23)n1C. The first kappa shape index (κ1) is 19.7. The molecule has 1 N–H and O–H groups in total. The van der Waals surface area contributed by atoms with E-state index in [4.69, 9.17) is 16.3 Å². The molecule has 3 aromatic heterocycles. The lowest BCUT2D eigenvalue weighted by molar-refractivity contribution is -0.113. The number of ether oxygens (including phenoxy) is 1. The summed E-state index contributed by atoms with van der Waals surface area (Å²) >= 11 is 8.87. The number of methoxy groups -OCH3 is 1. The molecule has 0 aliphatic heterocycles. The first-order valence-corrected chi connectivity index (χ1v) is 10.8. The molecule has 0 radical (unpaired) electrons. The number of nitrogens with zero attached hydrogens (tertiary/aromatic N) is 5. The van der Waals surface area contributed by atoms with Gasteiger partial charge in [-0.1, -0.05) is 23.4 Å². The third kappa shape index (κ3) is 3.83. The van der Waals surface area contributed by atoms with Gasteiger partial charge in [0.25, 0.3) is 0 Å². The van der Waals surface area contributed by atoms with Crippen LogP contribution in [0.3, 0.4) is 0 Å². The molecule has 1 aromatic carbocycles. The number of aromatic nitrogens is 5. The lowest BCUT2D eigenvalue weighted by Gasteiger charge is -2.10. The van der Waals surface area contributed by atoms with Crippen LogP contribution in [-0.4, -0.2) is 42.9 Å². The van der Waals surface area contributed by atoms with E-state index in [1.165, 1.54) is 18.9 Å². The first-order valence-electron chi connectivity index (χ1n) is 8.56. The van der Waals surface area contributed by atoms with E-state index < -0.39 is 0 Å². The van der Waals surface area contributed by atoms with Gasteiger partial charge in [-0.25, -0.2) is 4.98 Å². The van der Waals surface area contributed by atoms with E-state index in [0.29, 0.717) is 27.4 Å². The van der Waals surface area contributed by atoms with Gasteiger partial charge in [-0.3, -0.25) is 9.20 Å². The van der Waals surface area contributed by atoms with E-state index in [1.807, 2.05) is 34.5 Å². The fourth-order valence-electron chi connectivity index (χ4n) is 2.90. The van der Waals surface area contributed by atoms with Crippen LogP contribution in [0.5, 0.6) is 5.75 Å². The molecule has 0 spiro atoms. The first-order chi connectivity index (χ1) is 14.0. The van der Waals surface area contributed by atoms with Gasteiger partial charge in [-0.05, 0) is 25.1 Å². The van der Waals surface area contributed by atoms with Crippen molar-refractivity contribution in [2.24, 2.45) is 7.05 Å². The Morgan fingerprint density at radius 3 is 3.00 bits per heavy atom. The summed E-state index contributed by atoms with van der Waals surface area (Å²) in [5.74, 6) is 1.22. The summed E-state index contributed by atoms with van der Waals surface area (Å²) in [4.78, 5) is 17.9. The molecule has 29 heavy (non-hydrogen) atoms. The van der Waals surface area contributed by atoms with E-state index >= 15 is 0 Å². The summed E-state index contributed by atoms with van der Waals surface area (Å²) in [5, 5.41) is 14.5. The van der Waals surface area contributed by atoms with Crippen molar-refractivity contribution in [2.75, 3.05) is 18.2 Å². The second-order valence-electron chi connectivity index (χ2n) is 6.15. The Balaban J connectivity index is 1.49. The van der Waals surface area contributed by atoms with Crippen LogP contribution in [-0.2, 0) is 11.8 Å². The van der Waals surface area contributed by atoms with E-state index in [0.717, 1.165) is 16.3 Å². The summed E-state index contributed by atoms with van der Waals surface area (Å²) in [6.07, 6.45) is 1.96. The van der Waals surface area contributed by atoms with E-state index in [2.05, 4.69) is 20.5 Å². The topological polar surface area (TPSA) is 86.3 Å². The molecular weight excluding hydrogens is 432 g/mol. The van der Waals surface area contributed by atoms with Gasteiger partial charge in [0.2, 0.25) is 5.91 Å². The molecule has 0 fully saturated rings. The molecule has 11 heteroatoms. The number of aryl methyl sites for hydroxylation is 1. The highest BCUT2D eigenvalue weighted by Gasteiger charge is 2.19. The predicted octanol–water partition coefficient (Wildman–Crippen LogP) is 3.89. The molecule has 0 unspecified atom stereocenters. The Morgan fingerprint density at radius 1 is 1.38 bits per heavy atom. The maximum atomic E-state index is 12.4. The molecule has 0 aliphatic rings. The largest absolute Gasteiger partial charge is 0.495 e. The number of rotatable bonds is 6. The number of anilines is 1. The van der Waals surface area contributed by atoms with Crippen molar-refractivity contribution < 1.29 is 9.53 Å². The highest BCUT2D eigenvalue weighted by atomic mass is 35.5. The zero-order valence-corrected chi connectivity index (χ0v) is 18.2. The fraction of sp³-hybridized carbons (Fsp3) is 0.222. The van der Waals surface area contributed by atoms with Crippen LogP contribution in [0.2, 0.25) is 5.02 Å². The van der Waals surface area contributed by atoms with Crippen molar-refractivity contribution in [2.45, 2.75) is 12.1 Å². The van der Waals surface area contributed by atoms with Crippen LogP contribution in [0.25, 0.3) is 16.5 Å². The quantitative estimate of drug-likeness (QED) is 0.450. The molecule has 150 valence electrons. The molecule has 0 saturated heterocycles. The molecule has 0 aliphatic carbocycles. The lowest BCUT2D eigenvalue weighted by Crippen LogP contribution is -2.15. The van der Waals surface area contributed by atoms with Crippen LogP contribution in [0.4, 0.5) is 5.69 Å². The number of amides is 1. The number of nitrogens with one attached hydrogen (secondary N) is 1. The molecule has 4 rings (SSSR count). The van der Waals surface area contributed by atoms with E-state index in [-0.39, 0.29) is 11.7 Å². The van der Waals surface area contributed by atoms with Crippen LogP contribution < -0.4 is 10.1 Å². The normalized spacial score (nSPS) is 11.2. The number of halogens is 1.